The summed E-state index contributed by atoms with van der Waals surface area (Å²) in [6.07, 6.45) is 2.77. The Hall–Kier alpha value is -3.08. The van der Waals surface area contributed by atoms with Gasteiger partial charge in [0.2, 0.25) is 0 Å². The van der Waals surface area contributed by atoms with Crippen LogP contribution in [0, 0.1) is 6.92 Å². The highest BCUT2D eigenvalue weighted by Gasteiger charge is 2.25. The molecule has 3 aromatic rings. The Morgan fingerprint density at radius 1 is 0.923 bits per heavy atom. The maximum absolute atomic E-state index is 5.08. The lowest BCUT2D eigenvalue weighted by molar-refractivity contribution is 0.212. The van der Waals surface area contributed by atoms with Gasteiger partial charge >= 0.3 is 0 Å². The molecule has 0 radical (unpaired) electrons. The number of nitrogens with zero attached hydrogens (tertiary/aromatic N) is 4. The molecule has 2 heterocycles. The SMILES string of the molecule is CO/N=C1\CCCc2nc(-c3cccc(C)n3)nc(-c3ccccc3)c21. The molecular weight excluding hydrogens is 324 g/mol. The molecular formula is C21H20N4O. The van der Waals surface area contributed by atoms with Crippen LogP contribution in [0.5, 0.6) is 0 Å². The van der Waals surface area contributed by atoms with Crippen LogP contribution in [0.2, 0.25) is 0 Å². The van der Waals surface area contributed by atoms with Gasteiger partial charge in [-0.05, 0) is 38.3 Å². The summed E-state index contributed by atoms with van der Waals surface area (Å²) in [5, 5.41) is 4.25. The van der Waals surface area contributed by atoms with Gasteiger partial charge in [-0.2, -0.15) is 0 Å². The lowest BCUT2D eigenvalue weighted by Crippen LogP contribution is -2.17. The quantitative estimate of drug-likeness (QED) is 0.668. The summed E-state index contributed by atoms with van der Waals surface area (Å²) in [5.74, 6) is 0.657. The number of aryl methyl sites for hydroxylation is 2. The number of fused-ring (bicyclic) bond motifs is 1. The van der Waals surface area contributed by atoms with Crippen molar-refractivity contribution in [2.24, 2.45) is 5.16 Å². The maximum atomic E-state index is 5.08. The second-order valence-corrected chi connectivity index (χ2v) is 6.32. The molecule has 0 saturated carbocycles. The summed E-state index contributed by atoms with van der Waals surface area (Å²) in [6, 6.07) is 16.1. The van der Waals surface area contributed by atoms with Crippen molar-refractivity contribution in [2.75, 3.05) is 7.11 Å². The van der Waals surface area contributed by atoms with Crippen LogP contribution in [0.4, 0.5) is 0 Å². The van der Waals surface area contributed by atoms with Gasteiger partial charge in [-0.3, -0.25) is 0 Å². The number of rotatable bonds is 3. The molecule has 5 heteroatoms. The monoisotopic (exact) mass is 344 g/mol. The number of benzene rings is 1. The Kier molecular flexibility index (Phi) is 4.44. The first-order chi connectivity index (χ1) is 12.8. The van der Waals surface area contributed by atoms with Gasteiger partial charge in [0.25, 0.3) is 0 Å². The molecule has 130 valence electrons. The summed E-state index contributed by atoms with van der Waals surface area (Å²) in [5.41, 5.74) is 6.61. The van der Waals surface area contributed by atoms with E-state index < -0.39 is 0 Å². The third kappa shape index (κ3) is 3.08. The molecule has 1 aliphatic carbocycles. The second-order valence-electron chi connectivity index (χ2n) is 6.32. The first-order valence-electron chi connectivity index (χ1n) is 8.77. The predicted molar refractivity (Wildman–Crippen MR) is 102 cm³/mol. The summed E-state index contributed by atoms with van der Waals surface area (Å²) in [4.78, 5) is 19.4. The molecule has 0 N–H and O–H groups in total. The van der Waals surface area contributed by atoms with Crippen LogP contribution in [-0.4, -0.2) is 27.8 Å². The van der Waals surface area contributed by atoms with Crippen molar-refractivity contribution in [1.29, 1.82) is 0 Å². The van der Waals surface area contributed by atoms with Gasteiger partial charge in [-0.1, -0.05) is 41.6 Å². The van der Waals surface area contributed by atoms with E-state index in [2.05, 4.69) is 22.3 Å². The Bertz CT molecular complexity index is 967. The molecule has 0 atom stereocenters. The van der Waals surface area contributed by atoms with Gasteiger partial charge in [-0.25, -0.2) is 15.0 Å². The molecule has 0 fully saturated rings. The van der Waals surface area contributed by atoms with E-state index in [9.17, 15) is 0 Å². The molecule has 5 nitrogen and oxygen atoms in total. The molecule has 1 aromatic carbocycles. The Morgan fingerprint density at radius 2 is 1.77 bits per heavy atom. The molecule has 4 rings (SSSR count). The van der Waals surface area contributed by atoms with Crippen LogP contribution in [-0.2, 0) is 11.3 Å². The van der Waals surface area contributed by atoms with E-state index in [4.69, 9.17) is 14.8 Å². The van der Waals surface area contributed by atoms with Crippen molar-refractivity contribution < 1.29 is 4.84 Å². The fourth-order valence-electron chi connectivity index (χ4n) is 3.33. The summed E-state index contributed by atoms with van der Waals surface area (Å²) in [6.45, 7) is 1.98. The number of hydrogen-bond acceptors (Lipinski definition) is 5. The largest absolute Gasteiger partial charge is 0.399 e. The Labute approximate surface area is 152 Å². The minimum Gasteiger partial charge on any atom is -0.399 e. The van der Waals surface area contributed by atoms with Gasteiger partial charge in [0, 0.05) is 16.8 Å². The first-order valence-corrected chi connectivity index (χ1v) is 8.77. The average molecular weight is 344 g/mol. The summed E-state index contributed by atoms with van der Waals surface area (Å²) >= 11 is 0. The normalized spacial score (nSPS) is 14.9. The van der Waals surface area contributed by atoms with Gasteiger partial charge in [0.05, 0.1) is 17.1 Å². The fourth-order valence-corrected chi connectivity index (χ4v) is 3.33. The second kappa shape index (κ2) is 7.04. The van der Waals surface area contributed by atoms with Crippen LogP contribution in [0.25, 0.3) is 22.8 Å². The average Bonchev–Trinajstić information content (AvgIpc) is 2.68. The highest BCUT2D eigenvalue weighted by molar-refractivity contribution is 6.06. The van der Waals surface area contributed by atoms with E-state index in [1.165, 1.54) is 0 Å². The molecule has 0 spiro atoms. The molecule has 0 amide bonds. The third-order valence-corrected chi connectivity index (χ3v) is 4.47. The van der Waals surface area contributed by atoms with Gasteiger partial charge in [0.1, 0.15) is 12.8 Å². The zero-order chi connectivity index (χ0) is 17.9. The zero-order valence-electron chi connectivity index (χ0n) is 14.9. The lowest BCUT2D eigenvalue weighted by atomic mass is 9.90. The smallest absolute Gasteiger partial charge is 0.179 e. The molecule has 26 heavy (non-hydrogen) atoms. The molecule has 0 unspecified atom stereocenters. The standard InChI is InChI=1S/C21H20N4O/c1-14-8-6-13-18(22-14)21-23-16-11-7-12-17(25-26-2)19(16)20(24-21)15-9-4-3-5-10-15/h3-6,8-10,13H,7,11-12H2,1-2H3/b25-17+. The molecule has 2 aromatic heterocycles. The van der Waals surface area contributed by atoms with E-state index in [1.807, 2.05) is 43.3 Å². The van der Waals surface area contributed by atoms with Crippen LogP contribution in [0.15, 0.2) is 53.7 Å². The highest BCUT2D eigenvalue weighted by atomic mass is 16.6. The molecule has 0 aliphatic heterocycles. The van der Waals surface area contributed by atoms with Crippen molar-refractivity contribution >= 4 is 5.71 Å². The van der Waals surface area contributed by atoms with E-state index in [-0.39, 0.29) is 0 Å². The summed E-state index contributed by atoms with van der Waals surface area (Å²) < 4.78 is 0. The van der Waals surface area contributed by atoms with Crippen LogP contribution in [0.3, 0.4) is 0 Å². The van der Waals surface area contributed by atoms with E-state index in [0.717, 1.165) is 58.9 Å². The minimum atomic E-state index is 0.657. The third-order valence-electron chi connectivity index (χ3n) is 4.47. The van der Waals surface area contributed by atoms with E-state index >= 15 is 0 Å². The van der Waals surface area contributed by atoms with E-state index in [1.54, 1.807) is 7.11 Å². The van der Waals surface area contributed by atoms with Gasteiger partial charge in [-0.15, -0.1) is 0 Å². The Balaban J connectivity index is 1.97. The van der Waals surface area contributed by atoms with Gasteiger partial charge in [0.15, 0.2) is 5.82 Å². The lowest BCUT2D eigenvalue weighted by Gasteiger charge is -2.20. The molecule has 0 bridgehead atoms. The molecule has 1 aliphatic rings. The number of hydrogen-bond donors (Lipinski definition) is 0. The number of pyridine rings is 1. The minimum absolute atomic E-state index is 0.657. The van der Waals surface area contributed by atoms with Crippen LogP contribution in [0.1, 0.15) is 29.8 Å². The molecule has 0 saturated heterocycles. The van der Waals surface area contributed by atoms with Crippen molar-refractivity contribution in [3.63, 3.8) is 0 Å². The highest BCUT2D eigenvalue weighted by Crippen LogP contribution is 2.31. The zero-order valence-corrected chi connectivity index (χ0v) is 14.9. The fraction of sp³-hybridized carbons (Fsp3) is 0.238. The van der Waals surface area contributed by atoms with Crippen molar-refractivity contribution in [3.05, 3.63) is 65.5 Å². The number of aromatic nitrogens is 3. The predicted octanol–water partition coefficient (Wildman–Crippen LogP) is 4.20. The van der Waals surface area contributed by atoms with Crippen molar-refractivity contribution in [3.8, 4) is 22.8 Å². The Morgan fingerprint density at radius 3 is 2.54 bits per heavy atom. The van der Waals surface area contributed by atoms with Crippen LogP contribution < -0.4 is 0 Å². The maximum Gasteiger partial charge on any atom is 0.179 e. The summed E-state index contributed by atoms with van der Waals surface area (Å²) in [7, 11) is 1.58. The van der Waals surface area contributed by atoms with Crippen LogP contribution >= 0.6 is 0 Å². The van der Waals surface area contributed by atoms with Crippen molar-refractivity contribution in [1.82, 2.24) is 15.0 Å². The van der Waals surface area contributed by atoms with E-state index in [0.29, 0.717) is 5.82 Å². The first kappa shape index (κ1) is 16.4. The topological polar surface area (TPSA) is 60.3 Å². The van der Waals surface area contributed by atoms with Gasteiger partial charge < -0.3 is 4.84 Å². The van der Waals surface area contributed by atoms with Crippen molar-refractivity contribution in [2.45, 2.75) is 26.2 Å². The number of oxime groups is 1.